The van der Waals surface area contributed by atoms with E-state index in [-0.39, 0.29) is 5.54 Å². The number of hydrogen-bond donors (Lipinski definition) is 1. The van der Waals surface area contributed by atoms with E-state index in [2.05, 4.69) is 15.7 Å². The smallest absolute Gasteiger partial charge is 0.208 e. The van der Waals surface area contributed by atoms with E-state index < -0.39 is 0 Å². The summed E-state index contributed by atoms with van der Waals surface area (Å²) in [6, 6.07) is 7.90. The van der Waals surface area contributed by atoms with Gasteiger partial charge in [-0.15, -0.1) is 5.10 Å². The molecule has 0 saturated heterocycles. The summed E-state index contributed by atoms with van der Waals surface area (Å²) in [5.41, 5.74) is 0.830. The van der Waals surface area contributed by atoms with Gasteiger partial charge in [-0.1, -0.05) is 30.0 Å². The van der Waals surface area contributed by atoms with Gasteiger partial charge in [-0.05, 0) is 68.1 Å². The van der Waals surface area contributed by atoms with E-state index in [1.807, 2.05) is 30.8 Å². The second kappa shape index (κ2) is 5.25. The monoisotopic (exact) mass is 341 g/mol. The number of nitrogens with zero attached hydrogens (tertiary/aromatic N) is 3. The SMILES string of the molecule is CSc1ncn(C2(c3ccccc3O)C3CC4CC(C3)CC2C4)n1. The average Bonchev–Trinajstić information content (AvgIpc) is 3.05. The minimum atomic E-state index is -0.222. The molecule has 24 heavy (non-hydrogen) atoms. The third-order valence-electron chi connectivity index (χ3n) is 6.75. The standard InChI is InChI=1S/C19H23N3OS/c1-24-18-20-11-22(21-18)19(16-4-2-3-5-17(16)23)14-7-12-6-13(9-14)10-15(19)8-12/h2-5,11-15,23H,6-10H2,1H3. The Morgan fingerprint density at radius 1 is 1.08 bits per heavy atom. The average molecular weight is 341 g/mol. The molecule has 2 aromatic rings. The number of thioether (sulfide) groups is 1. The summed E-state index contributed by atoms with van der Waals surface area (Å²) >= 11 is 1.58. The van der Waals surface area contributed by atoms with Gasteiger partial charge >= 0.3 is 0 Å². The largest absolute Gasteiger partial charge is 0.508 e. The van der Waals surface area contributed by atoms with E-state index in [4.69, 9.17) is 5.10 Å². The van der Waals surface area contributed by atoms with E-state index in [9.17, 15) is 5.11 Å². The zero-order valence-corrected chi connectivity index (χ0v) is 14.7. The maximum absolute atomic E-state index is 10.7. The number of phenols is 1. The molecule has 126 valence electrons. The van der Waals surface area contributed by atoms with Crippen molar-refractivity contribution < 1.29 is 5.11 Å². The van der Waals surface area contributed by atoms with Crippen LogP contribution in [0.4, 0.5) is 0 Å². The minimum absolute atomic E-state index is 0.222. The van der Waals surface area contributed by atoms with E-state index in [0.29, 0.717) is 17.6 Å². The van der Waals surface area contributed by atoms with Crippen molar-refractivity contribution in [1.82, 2.24) is 14.8 Å². The van der Waals surface area contributed by atoms with Crippen LogP contribution in [0.15, 0.2) is 35.7 Å². The number of aromatic nitrogens is 3. The van der Waals surface area contributed by atoms with Crippen LogP contribution in [-0.2, 0) is 5.54 Å². The van der Waals surface area contributed by atoms with Gasteiger partial charge in [-0.2, -0.15) is 0 Å². The van der Waals surface area contributed by atoms with Crippen molar-refractivity contribution in [2.24, 2.45) is 23.7 Å². The van der Waals surface area contributed by atoms with E-state index >= 15 is 0 Å². The predicted octanol–water partition coefficient (Wildman–Crippen LogP) is 3.91. The molecule has 0 radical (unpaired) electrons. The van der Waals surface area contributed by atoms with Crippen LogP contribution in [-0.4, -0.2) is 26.1 Å². The Bertz CT molecular complexity index is 743. The maximum atomic E-state index is 10.7. The quantitative estimate of drug-likeness (QED) is 0.860. The molecule has 1 aromatic carbocycles. The fraction of sp³-hybridized carbons (Fsp3) is 0.579. The Morgan fingerprint density at radius 3 is 2.33 bits per heavy atom. The summed E-state index contributed by atoms with van der Waals surface area (Å²) < 4.78 is 2.11. The van der Waals surface area contributed by atoms with Crippen molar-refractivity contribution in [3.05, 3.63) is 36.2 Å². The van der Waals surface area contributed by atoms with Crippen LogP contribution in [0.5, 0.6) is 5.75 Å². The molecule has 1 aromatic heterocycles. The number of phenolic OH excluding ortho intramolecular Hbond substituents is 1. The van der Waals surface area contributed by atoms with Gasteiger partial charge in [0.25, 0.3) is 0 Å². The maximum Gasteiger partial charge on any atom is 0.208 e. The Morgan fingerprint density at radius 2 is 1.75 bits per heavy atom. The second-order valence-corrected chi connectivity index (χ2v) is 8.60. The highest BCUT2D eigenvalue weighted by atomic mass is 32.2. The lowest BCUT2D eigenvalue weighted by atomic mass is 9.47. The fourth-order valence-electron chi connectivity index (χ4n) is 6.17. The molecule has 4 aliphatic carbocycles. The molecule has 0 spiro atoms. The molecular weight excluding hydrogens is 318 g/mol. The fourth-order valence-corrected chi connectivity index (χ4v) is 6.49. The summed E-state index contributed by atoms with van der Waals surface area (Å²) in [6.07, 6.45) is 10.4. The highest BCUT2D eigenvalue weighted by Gasteiger charge is 2.60. The number of para-hydroxylation sites is 1. The lowest BCUT2D eigenvalue weighted by Gasteiger charge is -2.61. The molecule has 1 heterocycles. The number of rotatable bonds is 3. The summed E-state index contributed by atoms with van der Waals surface area (Å²) in [5, 5.41) is 16.4. The van der Waals surface area contributed by atoms with Crippen LogP contribution in [0.3, 0.4) is 0 Å². The first-order chi connectivity index (χ1) is 11.7. The molecule has 6 rings (SSSR count). The van der Waals surface area contributed by atoms with E-state index in [1.165, 1.54) is 32.1 Å². The number of benzene rings is 1. The van der Waals surface area contributed by atoms with Gasteiger partial charge in [0, 0.05) is 5.56 Å². The molecule has 0 aliphatic heterocycles. The lowest BCUT2D eigenvalue weighted by molar-refractivity contribution is -0.0825. The third-order valence-corrected chi connectivity index (χ3v) is 7.30. The van der Waals surface area contributed by atoms with E-state index in [1.54, 1.807) is 11.8 Å². The molecule has 0 amide bonds. The molecule has 1 N–H and O–H groups in total. The highest BCUT2D eigenvalue weighted by Crippen LogP contribution is 2.64. The van der Waals surface area contributed by atoms with Crippen molar-refractivity contribution in [3.8, 4) is 5.75 Å². The van der Waals surface area contributed by atoms with Crippen molar-refractivity contribution in [2.75, 3.05) is 6.26 Å². The molecule has 0 atom stereocenters. The van der Waals surface area contributed by atoms with Crippen molar-refractivity contribution in [1.29, 1.82) is 0 Å². The Hall–Kier alpha value is -1.49. The molecule has 4 nitrogen and oxygen atoms in total. The van der Waals surface area contributed by atoms with Gasteiger partial charge in [-0.25, -0.2) is 9.67 Å². The molecule has 4 bridgehead atoms. The third kappa shape index (κ3) is 1.88. The van der Waals surface area contributed by atoms with Crippen LogP contribution < -0.4 is 0 Å². The topological polar surface area (TPSA) is 50.9 Å². The van der Waals surface area contributed by atoms with Crippen molar-refractivity contribution in [2.45, 2.75) is 42.8 Å². The van der Waals surface area contributed by atoms with Crippen LogP contribution >= 0.6 is 11.8 Å². The number of aromatic hydroxyl groups is 1. The first-order valence-corrected chi connectivity index (χ1v) is 10.2. The Kier molecular flexibility index (Phi) is 3.24. The minimum Gasteiger partial charge on any atom is -0.508 e. The number of hydrogen-bond acceptors (Lipinski definition) is 4. The Labute approximate surface area is 146 Å². The molecule has 4 saturated carbocycles. The van der Waals surface area contributed by atoms with Crippen LogP contribution in [0.2, 0.25) is 0 Å². The second-order valence-electron chi connectivity index (χ2n) is 7.82. The summed E-state index contributed by atoms with van der Waals surface area (Å²) in [4.78, 5) is 4.50. The molecule has 4 aliphatic rings. The Balaban J connectivity index is 1.74. The van der Waals surface area contributed by atoms with Gasteiger partial charge in [-0.3, -0.25) is 0 Å². The van der Waals surface area contributed by atoms with Gasteiger partial charge < -0.3 is 5.11 Å². The van der Waals surface area contributed by atoms with Gasteiger partial charge in [0.1, 0.15) is 12.1 Å². The normalized spacial score (nSPS) is 37.0. The van der Waals surface area contributed by atoms with Crippen LogP contribution in [0.1, 0.15) is 37.7 Å². The van der Waals surface area contributed by atoms with Gasteiger partial charge in [0.05, 0.1) is 5.54 Å². The first kappa shape index (κ1) is 14.8. The predicted molar refractivity (Wildman–Crippen MR) is 94.0 cm³/mol. The van der Waals surface area contributed by atoms with Gasteiger partial charge in [0.15, 0.2) is 0 Å². The molecule has 4 fully saturated rings. The molecular formula is C19H23N3OS. The van der Waals surface area contributed by atoms with Crippen molar-refractivity contribution in [3.63, 3.8) is 0 Å². The molecule has 0 unspecified atom stereocenters. The molecule has 5 heteroatoms. The lowest BCUT2D eigenvalue weighted by Crippen LogP contribution is -2.59. The van der Waals surface area contributed by atoms with Crippen LogP contribution in [0, 0.1) is 23.7 Å². The highest BCUT2D eigenvalue weighted by molar-refractivity contribution is 7.98. The zero-order valence-electron chi connectivity index (χ0n) is 13.9. The first-order valence-electron chi connectivity index (χ1n) is 8.96. The van der Waals surface area contributed by atoms with E-state index in [0.717, 1.165) is 22.6 Å². The summed E-state index contributed by atoms with van der Waals surface area (Å²) in [5.74, 6) is 3.26. The summed E-state index contributed by atoms with van der Waals surface area (Å²) in [7, 11) is 0. The zero-order chi connectivity index (χ0) is 16.3. The van der Waals surface area contributed by atoms with Crippen molar-refractivity contribution >= 4 is 11.8 Å². The van der Waals surface area contributed by atoms with Crippen LogP contribution in [0.25, 0.3) is 0 Å². The van der Waals surface area contributed by atoms with Gasteiger partial charge in [0.2, 0.25) is 5.16 Å². The summed E-state index contributed by atoms with van der Waals surface area (Å²) in [6.45, 7) is 0.